The fourth-order valence-electron chi connectivity index (χ4n) is 3.82. The van der Waals surface area contributed by atoms with Crippen LogP contribution in [-0.2, 0) is 14.3 Å². The van der Waals surface area contributed by atoms with Gasteiger partial charge in [-0.3, -0.25) is 14.7 Å². The number of rotatable bonds is 7. The highest BCUT2D eigenvalue weighted by atomic mass is 79.9. The van der Waals surface area contributed by atoms with E-state index in [4.69, 9.17) is 9.73 Å². The van der Waals surface area contributed by atoms with Crippen LogP contribution in [0.1, 0.15) is 23.5 Å². The molecular formula is C22H22BrFN4O4S2. The van der Waals surface area contributed by atoms with E-state index < -0.39 is 29.8 Å². The number of ether oxygens (including phenoxy) is 1. The Hall–Kier alpha value is -2.28. The molecule has 180 valence electrons. The normalized spacial score (nSPS) is 21.1. The van der Waals surface area contributed by atoms with Crippen molar-refractivity contribution >= 4 is 56.8 Å². The number of amidine groups is 1. The number of hydrogen-bond donors (Lipinski definition) is 2. The minimum Gasteiger partial charge on any atom is -0.480 e. The van der Waals surface area contributed by atoms with Gasteiger partial charge in [-0.2, -0.15) is 11.8 Å². The monoisotopic (exact) mass is 568 g/mol. The van der Waals surface area contributed by atoms with Crippen LogP contribution in [0.25, 0.3) is 0 Å². The molecule has 12 heteroatoms. The van der Waals surface area contributed by atoms with Crippen LogP contribution >= 0.6 is 39.0 Å². The van der Waals surface area contributed by atoms with Gasteiger partial charge >= 0.3 is 11.9 Å². The zero-order valence-corrected chi connectivity index (χ0v) is 21.4. The highest BCUT2D eigenvalue weighted by Crippen LogP contribution is 2.37. The molecule has 0 unspecified atom stereocenters. The molecule has 34 heavy (non-hydrogen) atoms. The Morgan fingerprint density at radius 1 is 1.41 bits per heavy atom. The average molecular weight is 569 g/mol. The van der Waals surface area contributed by atoms with Crippen LogP contribution in [-0.4, -0.2) is 70.0 Å². The number of aromatic nitrogens is 1. The number of carboxylic acid groups (broad SMARTS) is 1. The first-order valence-corrected chi connectivity index (χ1v) is 13.4. The molecule has 0 aliphatic carbocycles. The summed E-state index contributed by atoms with van der Waals surface area (Å²) in [5.74, 6) is -0.202. The van der Waals surface area contributed by atoms with Crippen molar-refractivity contribution in [3.8, 4) is 0 Å². The highest BCUT2D eigenvalue weighted by Gasteiger charge is 2.37. The number of thioether (sulfide) groups is 1. The number of carbonyl (C=O) groups excluding carboxylic acids is 1. The molecule has 2 aromatic rings. The summed E-state index contributed by atoms with van der Waals surface area (Å²) in [6.45, 7) is 2.61. The summed E-state index contributed by atoms with van der Waals surface area (Å²) in [7, 11) is 0. The SMILES string of the molecule is CCOC(=O)C1=C(CN2CCSC[C@H]2C(=O)O)NC(c2nccs2)=N[C@H]1c1ccc(F)cc1Br. The summed E-state index contributed by atoms with van der Waals surface area (Å²) in [6.07, 6.45) is 1.65. The van der Waals surface area contributed by atoms with Gasteiger partial charge in [0.25, 0.3) is 0 Å². The summed E-state index contributed by atoms with van der Waals surface area (Å²) in [5.41, 5.74) is 1.34. The van der Waals surface area contributed by atoms with E-state index in [-0.39, 0.29) is 18.7 Å². The molecule has 3 heterocycles. The van der Waals surface area contributed by atoms with Crippen molar-refractivity contribution in [3.05, 3.63) is 61.9 Å². The number of aliphatic imine (C=N–C) groups is 1. The van der Waals surface area contributed by atoms with E-state index in [0.717, 1.165) is 5.75 Å². The molecule has 0 amide bonds. The number of carboxylic acids is 1. The standard InChI is InChI=1S/C22H22BrFN4O4S2/c1-2-32-22(31)17-15(10-28-6-8-33-11-16(28)21(29)30)26-19(20-25-5-7-34-20)27-18(17)13-4-3-12(24)9-14(13)23/h3-5,7,9,16,18H,2,6,8,10-11H2,1H3,(H,26,27)(H,29,30)/t16-,18-/m0/s1. The lowest BCUT2D eigenvalue weighted by atomic mass is 9.95. The third-order valence-electron chi connectivity index (χ3n) is 5.40. The van der Waals surface area contributed by atoms with Crippen molar-refractivity contribution in [2.24, 2.45) is 4.99 Å². The number of hydrogen-bond acceptors (Lipinski definition) is 9. The lowest BCUT2D eigenvalue weighted by Crippen LogP contribution is -2.50. The van der Waals surface area contributed by atoms with Crippen LogP contribution in [0.2, 0.25) is 0 Å². The van der Waals surface area contributed by atoms with E-state index in [9.17, 15) is 19.1 Å². The van der Waals surface area contributed by atoms with Gasteiger partial charge in [0.1, 0.15) is 17.9 Å². The van der Waals surface area contributed by atoms with Gasteiger partial charge in [0.2, 0.25) is 0 Å². The predicted molar refractivity (Wildman–Crippen MR) is 133 cm³/mol. The lowest BCUT2D eigenvalue weighted by Gasteiger charge is -2.35. The number of thiazole rings is 1. The number of aliphatic carboxylic acids is 1. The van der Waals surface area contributed by atoms with E-state index in [0.29, 0.717) is 38.9 Å². The zero-order valence-electron chi connectivity index (χ0n) is 18.2. The number of nitrogens with zero attached hydrogens (tertiary/aromatic N) is 3. The molecular weight excluding hydrogens is 547 g/mol. The molecule has 0 spiro atoms. The Labute approximate surface area is 212 Å². The molecule has 2 aliphatic rings. The summed E-state index contributed by atoms with van der Waals surface area (Å²) in [5, 5.41) is 15.4. The topological polar surface area (TPSA) is 104 Å². The van der Waals surface area contributed by atoms with Gasteiger partial charge in [0.15, 0.2) is 10.8 Å². The third kappa shape index (κ3) is 5.35. The molecule has 2 atom stereocenters. The van der Waals surface area contributed by atoms with Crippen molar-refractivity contribution < 1.29 is 23.8 Å². The van der Waals surface area contributed by atoms with Gasteiger partial charge in [0.05, 0.1) is 12.2 Å². The summed E-state index contributed by atoms with van der Waals surface area (Å²) in [4.78, 5) is 36.0. The summed E-state index contributed by atoms with van der Waals surface area (Å²) < 4.78 is 19.7. The van der Waals surface area contributed by atoms with Crippen molar-refractivity contribution in [2.75, 3.05) is 31.2 Å². The summed E-state index contributed by atoms with van der Waals surface area (Å²) >= 11 is 6.37. The minimum absolute atomic E-state index is 0.161. The van der Waals surface area contributed by atoms with Gasteiger partial charge in [-0.25, -0.2) is 14.2 Å². The zero-order chi connectivity index (χ0) is 24.2. The van der Waals surface area contributed by atoms with Crippen LogP contribution in [0.15, 0.2) is 50.5 Å². The molecule has 8 nitrogen and oxygen atoms in total. The van der Waals surface area contributed by atoms with E-state index in [1.54, 1.807) is 30.9 Å². The molecule has 4 rings (SSSR count). The Bertz CT molecular complexity index is 1140. The van der Waals surface area contributed by atoms with Crippen molar-refractivity contribution in [1.29, 1.82) is 0 Å². The van der Waals surface area contributed by atoms with E-state index in [2.05, 4.69) is 26.2 Å². The quantitative estimate of drug-likeness (QED) is 0.489. The van der Waals surface area contributed by atoms with Crippen LogP contribution in [0.5, 0.6) is 0 Å². The molecule has 1 fully saturated rings. The Kier molecular flexibility index (Phi) is 8.02. The molecule has 2 N–H and O–H groups in total. The van der Waals surface area contributed by atoms with Gasteiger partial charge in [-0.1, -0.05) is 22.0 Å². The highest BCUT2D eigenvalue weighted by molar-refractivity contribution is 9.10. The first kappa shape index (κ1) is 24.8. The number of carbonyl (C=O) groups is 2. The van der Waals surface area contributed by atoms with Crippen LogP contribution in [0.3, 0.4) is 0 Å². The maximum atomic E-state index is 13.8. The second-order valence-electron chi connectivity index (χ2n) is 7.52. The van der Waals surface area contributed by atoms with Crippen LogP contribution in [0.4, 0.5) is 4.39 Å². The molecule has 0 saturated carbocycles. The Morgan fingerprint density at radius 2 is 2.24 bits per heavy atom. The first-order valence-electron chi connectivity index (χ1n) is 10.5. The minimum atomic E-state index is -0.909. The number of esters is 1. The van der Waals surface area contributed by atoms with Crippen molar-refractivity contribution in [2.45, 2.75) is 19.0 Å². The van der Waals surface area contributed by atoms with Gasteiger partial charge in [-0.15, -0.1) is 11.3 Å². The van der Waals surface area contributed by atoms with E-state index in [1.165, 1.54) is 23.5 Å². The Morgan fingerprint density at radius 3 is 2.91 bits per heavy atom. The molecule has 1 aromatic heterocycles. The molecule has 1 saturated heterocycles. The van der Waals surface area contributed by atoms with Gasteiger partial charge in [0, 0.05) is 46.3 Å². The largest absolute Gasteiger partial charge is 0.480 e. The molecule has 2 aliphatic heterocycles. The lowest BCUT2D eigenvalue weighted by molar-refractivity contribution is -0.142. The summed E-state index contributed by atoms with van der Waals surface area (Å²) in [6, 6.07) is 2.72. The maximum Gasteiger partial charge on any atom is 0.338 e. The average Bonchev–Trinajstić information content (AvgIpc) is 3.34. The maximum absolute atomic E-state index is 13.8. The fourth-order valence-corrected chi connectivity index (χ4v) is 6.09. The first-order chi connectivity index (χ1) is 16.4. The van der Waals surface area contributed by atoms with Gasteiger partial charge < -0.3 is 15.2 Å². The van der Waals surface area contributed by atoms with Gasteiger partial charge in [-0.05, 0) is 24.6 Å². The van der Waals surface area contributed by atoms with Crippen LogP contribution in [0, 0.1) is 5.82 Å². The fraction of sp³-hybridized carbons (Fsp3) is 0.364. The van der Waals surface area contributed by atoms with Crippen LogP contribution < -0.4 is 5.32 Å². The smallest absolute Gasteiger partial charge is 0.338 e. The number of nitrogens with one attached hydrogen (secondary N) is 1. The molecule has 1 aromatic carbocycles. The predicted octanol–water partition coefficient (Wildman–Crippen LogP) is 3.46. The second-order valence-corrected chi connectivity index (χ2v) is 10.4. The molecule has 0 radical (unpaired) electrons. The second kappa shape index (κ2) is 11.0. The van der Waals surface area contributed by atoms with E-state index in [1.807, 2.05) is 10.3 Å². The number of halogens is 2. The van der Waals surface area contributed by atoms with E-state index >= 15 is 0 Å². The van der Waals surface area contributed by atoms with Crippen molar-refractivity contribution in [3.63, 3.8) is 0 Å². The Balaban J connectivity index is 1.83. The van der Waals surface area contributed by atoms with Crippen molar-refractivity contribution in [1.82, 2.24) is 15.2 Å². The number of benzene rings is 1. The molecule has 0 bridgehead atoms. The third-order valence-corrected chi connectivity index (χ3v) is 7.89.